The van der Waals surface area contributed by atoms with Crippen molar-refractivity contribution in [2.45, 2.75) is 47.0 Å². The van der Waals surface area contributed by atoms with Crippen molar-refractivity contribution in [3.05, 3.63) is 23.5 Å². The Bertz CT molecular complexity index is 441. The smallest absolute Gasteiger partial charge is 0.224 e. The standard InChI is InChI=1S/C15H25N3O/c1-11-5-6-13(12(2)17-11)18-14(19)7-8-15(3,4)9-10-16/h5-6H,7-10,16H2,1-4H3,(H,18,19). The number of nitrogens with zero attached hydrogens (tertiary/aromatic N) is 1. The number of carbonyl (C=O) groups excluding carboxylic acids is 1. The molecule has 4 nitrogen and oxygen atoms in total. The van der Waals surface area contributed by atoms with Crippen molar-refractivity contribution >= 4 is 11.6 Å². The van der Waals surface area contributed by atoms with Gasteiger partial charge in [-0.1, -0.05) is 13.8 Å². The number of nitrogens with two attached hydrogens (primary N) is 1. The van der Waals surface area contributed by atoms with Crippen LogP contribution in [0.4, 0.5) is 5.69 Å². The summed E-state index contributed by atoms with van der Waals surface area (Å²) in [5, 5.41) is 2.92. The minimum Gasteiger partial charge on any atom is -0.330 e. The van der Waals surface area contributed by atoms with E-state index in [4.69, 9.17) is 5.73 Å². The molecule has 0 aliphatic rings. The fraction of sp³-hybridized carbons (Fsp3) is 0.600. The van der Waals surface area contributed by atoms with Crippen LogP contribution in [-0.4, -0.2) is 17.4 Å². The number of aromatic nitrogens is 1. The summed E-state index contributed by atoms with van der Waals surface area (Å²) in [6.45, 7) is 8.79. The van der Waals surface area contributed by atoms with E-state index in [0.29, 0.717) is 13.0 Å². The van der Waals surface area contributed by atoms with Crippen LogP contribution >= 0.6 is 0 Å². The zero-order valence-corrected chi connectivity index (χ0v) is 12.4. The summed E-state index contributed by atoms with van der Waals surface area (Å²) in [5.74, 6) is 0.0406. The van der Waals surface area contributed by atoms with E-state index in [1.54, 1.807) is 0 Å². The number of hydrogen-bond donors (Lipinski definition) is 2. The Hall–Kier alpha value is -1.42. The molecule has 0 atom stereocenters. The highest BCUT2D eigenvalue weighted by molar-refractivity contribution is 5.91. The van der Waals surface area contributed by atoms with Crippen LogP contribution in [-0.2, 0) is 4.79 Å². The van der Waals surface area contributed by atoms with Crippen molar-refractivity contribution in [3.8, 4) is 0 Å². The van der Waals surface area contributed by atoms with Crippen molar-refractivity contribution in [1.82, 2.24) is 4.98 Å². The molecule has 0 radical (unpaired) electrons. The molecular formula is C15H25N3O. The Morgan fingerprint density at radius 1 is 1.32 bits per heavy atom. The maximum absolute atomic E-state index is 11.9. The predicted octanol–water partition coefficient (Wildman–Crippen LogP) is 2.79. The molecule has 0 saturated carbocycles. The number of carbonyl (C=O) groups is 1. The maximum atomic E-state index is 11.9. The number of pyridine rings is 1. The van der Waals surface area contributed by atoms with Crippen LogP contribution in [0.1, 0.15) is 44.5 Å². The number of anilines is 1. The summed E-state index contributed by atoms with van der Waals surface area (Å²) in [6, 6.07) is 3.81. The highest BCUT2D eigenvalue weighted by atomic mass is 16.1. The highest BCUT2D eigenvalue weighted by Gasteiger charge is 2.18. The first-order valence-corrected chi connectivity index (χ1v) is 6.78. The van der Waals surface area contributed by atoms with Gasteiger partial charge < -0.3 is 11.1 Å². The Morgan fingerprint density at radius 2 is 2.00 bits per heavy atom. The van der Waals surface area contributed by atoms with E-state index >= 15 is 0 Å². The quantitative estimate of drug-likeness (QED) is 0.829. The van der Waals surface area contributed by atoms with E-state index in [2.05, 4.69) is 24.1 Å². The van der Waals surface area contributed by atoms with E-state index in [9.17, 15) is 4.79 Å². The molecule has 0 aliphatic heterocycles. The SMILES string of the molecule is Cc1ccc(NC(=O)CCC(C)(C)CCN)c(C)n1. The highest BCUT2D eigenvalue weighted by Crippen LogP contribution is 2.26. The summed E-state index contributed by atoms with van der Waals surface area (Å²) < 4.78 is 0. The van der Waals surface area contributed by atoms with Gasteiger partial charge in [-0.15, -0.1) is 0 Å². The Kier molecular flexibility index (Phi) is 5.48. The topological polar surface area (TPSA) is 68.0 Å². The van der Waals surface area contributed by atoms with Gasteiger partial charge in [0.05, 0.1) is 11.4 Å². The van der Waals surface area contributed by atoms with Gasteiger partial charge in [0.2, 0.25) is 5.91 Å². The van der Waals surface area contributed by atoms with Gasteiger partial charge in [-0.3, -0.25) is 9.78 Å². The molecule has 1 aromatic rings. The maximum Gasteiger partial charge on any atom is 0.224 e. The first kappa shape index (κ1) is 15.6. The second-order valence-electron chi connectivity index (χ2n) is 5.84. The lowest BCUT2D eigenvalue weighted by atomic mass is 9.84. The monoisotopic (exact) mass is 263 g/mol. The fourth-order valence-corrected chi connectivity index (χ4v) is 2.00. The van der Waals surface area contributed by atoms with Gasteiger partial charge in [-0.25, -0.2) is 0 Å². The molecule has 0 unspecified atom stereocenters. The van der Waals surface area contributed by atoms with Gasteiger partial charge in [0, 0.05) is 12.1 Å². The molecule has 0 aromatic carbocycles. The number of rotatable bonds is 6. The fourth-order valence-electron chi connectivity index (χ4n) is 2.00. The Balaban J connectivity index is 2.52. The molecule has 0 saturated heterocycles. The van der Waals surface area contributed by atoms with Crippen molar-refractivity contribution in [1.29, 1.82) is 0 Å². The third kappa shape index (κ3) is 5.39. The third-order valence-electron chi connectivity index (χ3n) is 3.35. The molecule has 106 valence electrons. The van der Waals surface area contributed by atoms with E-state index < -0.39 is 0 Å². The number of aryl methyl sites for hydroxylation is 2. The summed E-state index contributed by atoms with van der Waals surface area (Å²) in [4.78, 5) is 16.3. The van der Waals surface area contributed by atoms with Crippen molar-refractivity contribution in [3.63, 3.8) is 0 Å². The summed E-state index contributed by atoms with van der Waals surface area (Å²) in [7, 11) is 0. The van der Waals surface area contributed by atoms with Gasteiger partial charge in [0.1, 0.15) is 0 Å². The van der Waals surface area contributed by atoms with Crippen LogP contribution in [0.15, 0.2) is 12.1 Å². The molecule has 0 aliphatic carbocycles. The minimum absolute atomic E-state index is 0.0406. The largest absolute Gasteiger partial charge is 0.330 e. The van der Waals surface area contributed by atoms with Crippen molar-refractivity contribution < 1.29 is 4.79 Å². The first-order valence-electron chi connectivity index (χ1n) is 6.78. The van der Waals surface area contributed by atoms with Crippen molar-refractivity contribution in [2.75, 3.05) is 11.9 Å². The van der Waals surface area contributed by atoms with Crippen LogP contribution in [0.2, 0.25) is 0 Å². The molecule has 1 heterocycles. The second kappa shape index (κ2) is 6.66. The molecule has 0 fully saturated rings. The summed E-state index contributed by atoms with van der Waals surface area (Å²) in [5.41, 5.74) is 8.30. The number of nitrogens with one attached hydrogen (secondary N) is 1. The molecule has 1 rings (SSSR count). The molecule has 1 aromatic heterocycles. The number of amides is 1. The average Bonchev–Trinajstić information content (AvgIpc) is 2.30. The molecule has 1 amide bonds. The Morgan fingerprint density at radius 3 is 2.58 bits per heavy atom. The lowest BCUT2D eigenvalue weighted by Crippen LogP contribution is -2.21. The average molecular weight is 263 g/mol. The molecule has 0 bridgehead atoms. The van der Waals surface area contributed by atoms with Gasteiger partial charge in [-0.05, 0) is 50.8 Å². The van der Waals surface area contributed by atoms with Gasteiger partial charge >= 0.3 is 0 Å². The summed E-state index contributed by atoms with van der Waals surface area (Å²) >= 11 is 0. The van der Waals surface area contributed by atoms with Gasteiger partial charge in [0.15, 0.2) is 0 Å². The minimum atomic E-state index is 0.0406. The third-order valence-corrected chi connectivity index (χ3v) is 3.35. The second-order valence-corrected chi connectivity index (χ2v) is 5.84. The van der Waals surface area contributed by atoms with Crippen LogP contribution in [0, 0.1) is 19.3 Å². The molecular weight excluding hydrogens is 238 g/mol. The van der Waals surface area contributed by atoms with Gasteiger partial charge in [-0.2, -0.15) is 0 Å². The first-order chi connectivity index (χ1) is 8.84. The van der Waals surface area contributed by atoms with Crippen LogP contribution in [0.3, 0.4) is 0 Å². The van der Waals surface area contributed by atoms with Crippen LogP contribution in [0.5, 0.6) is 0 Å². The molecule has 19 heavy (non-hydrogen) atoms. The van der Waals surface area contributed by atoms with Gasteiger partial charge in [0.25, 0.3) is 0 Å². The lowest BCUT2D eigenvalue weighted by Gasteiger charge is -2.23. The van der Waals surface area contributed by atoms with Crippen LogP contribution < -0.4 is 11.1 Å². The van der Waals surface area contributed by atoms with E-state index in [0.717, 1.165) is 29.9 Å². The number of hydrogen-bond acceptors (Lipinski definition) is 3. The van der Waals surface area contributed by atoms with E-state index in [1.807, 2.05) is 26.0 Å². The van der Waals surface area contributed by atoms with E-state index in [1.165, 1.54) is 0 Å². The zero-order valence-electron chi connectivity index (χ0n) is 12.4. The van der Waals surface area contributed by atoms with Crippen LogP contribution in [0.25, 0.3) is 0 Å². The zero-order chi connectivity index (χ0) is 14.5. The normalized spacial score (nSPS) is 11.4. The van der Waals surface area contributed by atoms with E-state index in [-0.39, 0.29) is 11.3 Å². The molecule has 4 heteroatoms. The predicted molar refractivity (Wildman–Crippen MR) is 79.0 cm³/mol. The van der Waals surface area contributed by atoms with Crippen molar-refractivity contribution in [2.24, 2.45) is 11.1 Å². The molecule has 0 spiro atoms. The lowest BCUT2D eigenvalue weighted by molar-refractivity contribution is -0.116. The molecule has 3 N–H and O–H groups in total. The Labute approximate surface area is 115 Å². The summed E-state index contributed by atoms with van der Waals surface area (Å²) in [6.07, 6.45) is 2.29.